The van der Waals surface area contributed by atoms with E-state index in [4.69, 9.17) is 8.92 Å². The zero-order valence-electron chi connectivity index (χ0n) is 17.8. The fraction of sp³-hybridized carbons (Fsp3) is 0.364. The van der Waals surface area contributed by atoms with E-state index in [-0.39, 0.29) is 34.5 Å². The Labute approximate surface area is 182 Å². The van der Waals surface area contributed by atoms with Crippen molar-refractivity contribution in [3.05, 3.63) is 53.6 Å². The average Bonchev–Trinajstić information content (AvgIpc) is 2.71. The van der Waals surface area contributed by atoms with E-state index in [0.717, 1.165) is 5.56 Å². The summed E-state index contributed by atoms with van der Waals surface area (Å²) in [6.45, 7) is 4.29. The minimum atomic E-state index is -4.01. The Kier molecular flexibility index (Phi) is 8.73. The second kappa shape index (κ2) is 11.0. The number of aliphatic hydroxyl groups excluding tert-OH is 1. The van der Waals surface area contributed by atoms with Gasteiger partial charge in [-0.25, -0.2) is 0 Å². The summed E-state index contributed by atoms with van der Waals surface area (Å²) in [6, 6.07) is 10.7. The molecule has 0 aliphatic carbocycles. The third-order valence-electron chi connectivity index (χ3n) is 4.28. The number of ether oxygens (including phenoxy) is 1. The van der Waals surface area contributed by atoms with Crippen LogP contribution in [0.3, 0.4) is 0 Å². The number of amides is 1. The number of hydrogen-bond donors (Lipinski definition) is 2. The van der Waals surface area contributed by atoms with Crippen molar-refractivity contribution in [2.75, 3.05) is 18.5 Å². The topological polar surface area (TPSA) is 119 Å². The zero-order valence-corrected chi connectivity index (χ0v) is 18.6. The number of carbonyl (C=O) groups excluding carboxylic acids is 2. The van der Waals surface area contributed by atoms with Gasteiger partial charge in [-0.1, -0.05) is 24.6 Å². The Morgan fingerprint density at radius 1 is 1.10 bits per heavy atom. The van der Waals surface area contributed by atoms with Crippen LogP contribution in [0.1, 0.15) is 42.6 Å². The van der Waals surface area contributed by atoms with Gasteiger partial charge in [0.2, 0.25) is 5.91 Å². The van der Waals surface area contributed by atoms with Gasteiger partial charge in [0.15, 0.2) is 5.78 Å². The number of benzene rings is 2. The largest absolute Gasteiger partial charge is 0.490 e. The average molecular weight is 450 g/mol. The Morgan fingerprint density at radius 3 is 2.39 bits per heavy atom. The number of aryl methyl sites for hydroxylation is 1. The molecule has 0 radical (unpaired) electrons. The van der Waals surface area contributed by atoms with Crippen molar-refractivity contribution in [2.45, 2.75) is 44.6 Å². The molecule has 0 saturated carbocycles. The lowest BCUT2D eigenvalue weighted by atomic mass is 10.1. The molecule has 0 aromatic heterocycles. The molecule has 0 bridgehead atoms. The maximum Gasteiger partial charge on any atom is 0.297 e. The minimum absolute atomic E-state index is 0.00852. The molecule has 1 atom stereocenters. The Balaban J connectivity index is 1.97. The first-order chi connectivity index (χ1) is 14.6. The molecule has 0 aliphatic rings. The lowest BCUT2D eigenvalue weighted by molar-refractivity contribution is -0.116. The summed E-state index contributed by atoms with van der Waals surface area (Å²) >= 11 is 0. The molecule has 0 spiro atoms. The second-order valence-corrected chi connectivity index (χ2v) is 8.70. The van der Waals surface area contributed by atoms with Crippen molar-refractivity contribution in [1.82, 2.24) is 0 Å². The smallest absolute Gasteiger partial charge is 0.297 e. The predicted molar refractivity (Wildman–Crippen MR) is 116 cm³/mol. The van der Waals surface area contributed by atoms with E-state index in [2.05, 4.69) is 5.32 Å². The first-order valence-electron chi connectivity index (χ1n) is 9.84. The molecule has 168 valence electrons. The molecule has 9 heteroatoms. The summed E-state index contributed by atoms with van der Waals surface area (Å²) in [5.41, 5.74) is 1.60. The summed E-state index contributed by atoms with van der Waals surface area (Å²) in [5, 5.41) is 12.8. The zero-order chi connectivity index (χ0) is 23.0. The van der Waals surface area contributed by atoms with Gasteiger partial charge in [0, 0.05) is 12.1 Å². The molecule has 2 N–H and O–H groups in total. The van der Waals surface area contributed by atoms with Crippen LogP contribution in [0, 0.1) is 6.92 Å². The van der Waals surface area contributed by atoms with Crippen LogP contribution in [0.25, 0.3) is 0 Å². The van der Waals surface area contributed by atoms with Crippen LogP contribution in [0.4, 0.5) is 5.69 Å². The number of aliphatic hydroxyl groups is 1. The lowest BCUT2D eigenvalue weighted by Gasteiger charge is -2.15. The van der Waals surface area contributed by atoms with Crippen molar-refractivity contribution in [3.8, 4) is 5.75 Å². The SMILES string of the molecule is CCCC(=O)Nc1ccc(OC[C@@H](O)COS(=O)(=O)c2ccc(C)cc2)c(C(C)=O)c1. The first kappa shape index (κ1) is 24.5. The summed E-state index contributed by atoms with van der Waals surface area (Å²) in [7, 11) is -4.01. The van der Waals surface area contributed by atoms with Crippen molar-refractivity contribution in [1.29, 1.82) is 0 Å². The van der Waals surface area contributed by atoms with E-state index < -0.39 is 22.8 Å². The Hall–Kier alpha value is -2.75. The van der Waals surface area contributed by atoms with E-state index >= 15 is 0 Å². The van der Waals surface area contributed by atoms with Crippen molar-refractivity contribution >= 4 is 27.5 Å². The molecule has 0 heterocycles. The van der Waals surface area contributed by atoms with E-state index in [1.807, 2.05) is 13.8 Å². The third kappa shape index (κ3) is 7.46. The van der Waals surface area contributed by atoms with Crippen LogP contribution in [-0.4, -0.2) is 44.5 Å². The molecule has 1 amide bonds. The molecule has 0 fully saturated rings. The third-order valence-corrected chi connectivity index (χ3v) is 5.57. The van der Waals surface area contributed by atoms with Crippen LogP contribution < -0.4 is 10.1 Å². The molecule has 8 nitrogen and oxygen atoms in total. The number of carbonyl (C=O) groups is 2. The maximum absolute atomic E-state index is 12.2. The predicted octanol–water partition coefficient (Wildman–Crippen LogP) is 3.08. The number of Topliss-reactive ketones (excluding diaryl/α,β-unsaturated/α-hetero) is 1. The normalized spacial score (nSPS) is 12.3. The number of hydrogen-bond acceptors (Lipinski definition) is 7. The highest BCUT2D eigenvalue weighted by molar-refractivity contribution is 7.86. The molecule has 0 aliphatic heterocycles. The van der Waals surface area contributed by atoms with E-state index in [1.165, 1.54) is 31.2 Å². The van der Waals surface area contributed by atoms with Gasteiger partial charge < -0.3 is 15.2 Å². The lowest BCUT2D eigenvalue weighted by Crippen LogP contribution is -2.25. The molecule has 2 rings (SSSR count). The summed E-state index contributed by atoms with van der Waals surface area (Å²) in [4.78, 5) is 23.7. The number of anilines is 1. The summed E-state index contributed by atoms with van der Waals surface area (Å²) in [6.07, 6.45) is -0.179. The molecule has 2 aromatic carbocycles. The van der Waals surface area contributed by atoms with Crippen molar-refractivity contribution in [3.63, 3.8) is 0 Å². The fourth-order valence-corrected chi connectivity index (χ4v) is 3.58. The Bertz CT molecular complexity index is 1020. The standard InChI is InChI=1S/C22H27NO7S/c1-4-5-22(26)23-17-8-11-21(20(12-17)16(3)24)29-13-18(25)14-30-31(27,28)19-9-6-15(2)7-10-19/h6-12,18,25H,4-5,13-14H2,1-3H3,(H,23,26)/t18-/m1/s1. The molecular weight excluding hydrogens is 422 g/mol. The monoisotopic (exact) mass is 449 g/mol. The van der Waals surface area contributed by atoms with Gasteiger partial charge in [-0.15, -0.1) is 0 Å². The van der Waals surface area contributed by atoms with Gasteiger partial charge in [-0.05, 0) is 50.6 Å². The van der Waals surface area contributed by atoms with E-state index in [1.54, 1.807) is 18.2 Å². The fourth-order valence-electron chi connectivity index (χ4n) is 2.63. The van der Waals surface area contributed by atoms with E-state index in [0.29, 0.717) is 18.5 Å². The minimum Gasteiger partial charge on any atom is -0.490 e. The number of nitrogens with one attached hydrogen (secondary N) is 1. The van der Waals surface area contributed by atoms with Gasteiger partial charge in [-0.2, -0.15) is 8.42 Å². The van der Waals surface area contributed by atoms with Crippen LogP contribution in [0.5, 0.6) is 5.75 Å². The summed E-state index contributed by atoms with van der Waals surface area (Å²) < 4.78 is 34.8. The van der Waals surface area contributed by atoms with Crippen LogP contribution >= 0.6 is 0 Å². The summed E-state index contributed by atoms with van der Waals surface area (Å²) in [5.74, 6) is -0.233. The van der Waals surface area contributed by atoms with Crippen LogP contribution in [-0.2, 0) is 19.1 Å². The maximum atomic E-state index is 12.2. The van der Waals surface area contributed by atoms with E-state index in [9.17, 15) is 23.1 Å². The molecule has 0 unspecified atom stereocenters. The highest BCUT2D eigenvalue weighted by Gasteiger charge is 2.19. The molecular formula is C22H27NO7S. The molecule has 0 saturated heterocycles. The van der Waals surface area contributed by atoms with Gasteiger partial charge in [0.05, 0.1) is 17.1 Å². The first-order valence-corrected chi connectivity index (χ1v) is 11.2. The Morgan fingerprint density at radius 2 is 1.77 bits per heavy atom. The second-order valence-electron chi connectivity index (χ2n) is 7.08. The van der Waals surface area contributed by atoms with Crippen molar-refractivity contribution < 1.29 is 32.0 Å². The van der Waals surface area contributed by atoms with Crippen molar-refractivity contribution in [2.24, 2.45) is 0 Å². The van der Waals surface area contributed by atoms with Gasteiger partial charge in [-0.3, -0.25) is 13.8 Å². The van der Waals surface area contributed by atoms with Gasteiger partial charge >= 0.3 is 0 Å². The highest BCUT2D eigenvalue weighted by Crippen LogP contribution is 2.24. The highest BCUT2D eigenvalue weighted by atomic mass is 32.2. The van der Waals surface area contributed by atoms with Crippen LogP contribution in [0.2, 0.25) is 0 Å². The van der Waals surface area contributed by atoms with Crippen LogP contribution in [0.15, 0.2) is 47.4 Å². The number of ketones is 1. The van der Waals surface area contributed by atoms with Gasteiger partial charge in [0.1, 0.15) is 18.5 Å². The molecule has 2 aromatic rings. The molecule has 31 heavy (non-hydrogen) atoms. The number of rotatable bonds is 11. The van der Waals surface area contributed by atoms with Gasteiger partial charge in [0.25, 0.3) is 10.1 Å². The quantitative estimate of drug-likeness (QED) is 0.400.